The van der Waals surface area contributed by atoms with E-state index < -0.39 is 45.6 Å². The van der Waals surface area contributed by atoms with Gasteiger partial charge < -0.3 is 9.11 Å². The van der Waals surface area contributed by atoms with Gasteiger partial charge in [-0.1, -0.05) is 0 Å². The molecular weight excluding hydrogens is 376 g/mol. The van der Waals surface area contributed by atoms with Gasteiger partial charge in [-0.05, 0) is 36.4 Å². The molecule has 2 nitrogen and oxygen atoms in total. The van der Waals surface area contributed by atoms with Crippen molar-refractivity contribution in [2.45, 2.75) is 0 Å². The van der Waals surface area contributed by atoms with E-state index in [1.165, 1.54) is 24.3 Å². The molecule has 132 valence electrons. The van der Waals surface area contributed by atoms with Crippen LogP contribution in [0.5, 0.6) is 0 Å². The first-order chi connectivity index (χ1) is 11.8. The second-order valence-electron chi connectivity index (χ2n) is 4.82. The van der Waals surface area contributed by atoms with E-state index in [0.717, 1.165) is 22.9 Å². The minimum absolute atomic E-state index is 0.0458. The highest BCUT2D eigenvalue weighted by atomic mass is 32.3. The van der Waals surface area contributed by atoms with Crippen molar-refractivity contribution in [3.05, 3.63) is 81.6 Å². The molecule has 0 heterocycles. The maximum atomic E-state index is 13.4. The summed E-state index contributed by atoms with van der Waals surface area (Å²) in [6, 6.07) is 5.88. The zero-order valence-electron chi connectivity index (χ0n) is 12.6. The van der Waals surface area contributed by atoms with Gasteiger partial charge in [0.1, 0.15) is 34.1 Å². The lowest BCUT2D eigenvalue weighted by Gasteiger charge is -2.07. The lowest BCUT2D eigenvalue weighted by Crippen LogP contribution is -2.12. The normalized spacial score (nSPS) is 14.3. The molecular formula is C17H12F4O2S2. The van der Waals surface area contributed by atoms with E-state index >= 15 is 0 Å². The number of benzene rings is 2. The van der Waals surface area contributed by atoms with Gasteiger partial charge in [0.25, 0.3) is 5.08 Å². The van der Waals surface area contributed by atoms with E-state index in [1.807, 2.05) is 0 Å². The molecule has 0 saturated heterocycles. The molecule has 0 aromatic heterocycles. The summed E-state index contributed by atoms with van der Waals surface area (Å²) in [6.45, 7) is 0. The van der Waals surface area contributed by atoms with Gasteiger partial charge in [-0.2, -0.15) is 0 Å². The van der Waals surface area contributed by atoms with Gasteiger partial charge >= 0.3 is 0 Å². The molecule has 8 heteroatoms. The quantitative estimate of drug-likeness (QED) is 0.546. The van der Waals surface area contributed by atoms with Crippen molar-refractivity contribution < 1.29 is 26.7 Å². The Morgan fingerprint density at radius 1 is 0.720 bits per heavy atom. The topological polar surface area (TPSA) is 46.1 Å². The molecule has 0 aliphatic heterocycles. The Morgan fingerprint density at radius 3 is 1.48 bits per heavy atom. The molecule has 0 saturated carbocycles. The third kappa shape index (κ3) is 6.24. The van der Waals surface area contributed by atoms with Crippen molar-refractivity contribution in [2.24, 2.45) is 0 Å². The SMILES string of the molecule is [O-][S+](/C=C/c1ccc(F)cc1F)C[S+]([O-])/C=C/c1ccc(F)cc1F. The Kier molecular flexibility index (Phi) is 7.12. The van der Waals surface area contributed by atoms with Gasteiger partial charge in [0, 0.05) is 45.6 Å². The number of hydrogen-bond donors (Lipinski definition) is 0. The van der Waals surface area contributed by atoms with Gasteiger partial charge in [-0.15, -0.1) is 0 Å². The average molecular weight is 388 g/mol. The molecule has 2 aromatic rings. The Hall–Kier alpha value is -1.74. The highest BCUT2D eigenvalue weighted by Crippen LogP contribution is 2.15. The zero-order chi connectivity index (χ0) is 18.4. The van der Waals surface area contributed by atoms with Crippen LogP contribution in [0.4, 0.5) is 17.6 Å². The van der Waals surface area contributed by atoms with Crippen LogP contribution in [-0.4, -0.2) is 14.2 Å². The van der Waals surface area contributed by atoms with Crippen LogP contribution in [0.2, 0.25) is 0 Å². The molecule has 0 spiro atoms. The van der Waals surface area contributed by atoms with Crippen LogP contribution in [-0.2, 0) is 22.4 Å². The third-order valence-electron chi connectivity index (χ3n) is 2.96. The zero-order valence-corrected chi connectivity index (χ0v) is 14.3. The van der Waals surface area contributed by atoms with E-state index in [9.17, 15) is 26.7 Å². The molecule has 2 aromatic carbocycles. The second kappa shape index (κ2) is 9.10. The van der Waals surface area contributed by atoms with Crippen LogP contribution in [0.1, 0.15) is 11.1 Å². The molecule has 0 amide bonds. The van der Waals surface area contributed by atoms with Crippen LogP contribution in [0.3, 0.4) is 0 Å². The number of halogens is 4. The van der Waals surface area contributed by atoms with Gasteiger partial charge in [-0.25, -0.2) is 17.6 Å². The van der Waals surface area contributed by atoms with Gasteiger partial charge in [0.2, 0.25) is 0 Å². The summed E-state index contributed by atoms with van der Waals surface area (Å²) >= 11 is -3.35. The van der Waals surface area contributed by atoms with Crippen molar-refractivity contribution in [3.63, 3.8) is 0 Å². The molecule has 2 rings (SSSR count). The van der Waals surface area contributed by atoms with Crippen molar-refractivity contribution in [3.8, 4) is 0 Å². The first-order valence-corrected chi connectivity index (χ1v) is 9.62. The highest BCUT2D eigenvalue weighted by molar-refractivity contribution is 8.10. The number of hydrogen-bond acceptors (Lipinski definition) is 2. The minimum atomic E-state index is -1.68. The van der Waals surface area contributed by atoms with Crippen molar-refractivity contribution >= 4 is 34.5 Å². The first-order valence-electron chi connectivity index (χ1n) is 6.86. The molecule has 0 bridgehead atoms. The largest absolute Gasteiger partial charge is 0.608 e. The summed E-state index contributed by atoms with van der Waals surface area (Å²) in [5, 5.41) is 2.00. The second-order valence-corrected chi connectivity index (χ2v) is 7.83. The fraction of sp³-hybridized carbons (Fsp3) is 0.0588. The predicted octanol–water partition coefficient (Wildman–Crippen LogP) is 4.34. The van der Waals surface area contributed by atoms with Crippen molar-refractivity contribution in [1.29, 1.82) is 0 Å². The van der Waals surface area contributed by atoms with E-state index in [0.29, 0.717) is 12.1 Å². The fourth-order valence-corrected chi connectivity index (χ4v) is 3.91. The third-order valence-corrected chi connectivity index (χ3v) is 5.69. The summed E-state index contributed by atoms with van der Waals surface area (Å²) in [5.74, 6) is -3.06. The highest BCUT2D eigenvalue weighted by Gasteiger charge is 2.13. The first kappa shape index (κ1) is 19.6. The Bertz CT molecular complexity index is 731. The smallest absolute Gasteiger partial charge is 0.262 e. The van der Waals surface area contributed by atoms with E-state index in [4.69, 9.17) is 0 Å². The van der Waals surface area contributed by atoms with Gasteiger partial charge in [0.05, 0.1) is 0 Å². The van der Waals surface area contributed by atoms with E-state index in [-0.39, 0.29) is 16.2 Å². The molecule has 0 N–H and O–H groups in total. The maximum absolute atomic E-state index is 13.4. The monoisotopic (exact) mass is 388 g/mol. The van der Waals surface area contributed by atoms with Crippen molar-refractivity contribution in [1.82, 2.24) is 0 Å². The lowest BCUT2D eigenvalue weighted by molar-refractivity contribution is 0.581. The molecule has 2 unspecified atom stereocenters. The van der Waals surface area contributed by atoms with Gasteiger partial charge in [0.15, 0.2) is 0 Å². The minimum Gasteiger partial charge on any atom is -0.608 e. The summed E-state index contributed by atoms with van der Waals surface area (Å²) < 4.78 is 76.0. The molecule has 2 atom stereocenters. The Labute approximate surface area is 148 Å². The summed E-state index contributed by atoms with van der Waals surface area (Å²) in [4.78, 5) is 0. The Morgan fingerprint density at radius 2 is 1.12 bits per heavy atom. The summed E-state index contributed by atoms with van der Waals surface area (Å²) in [7, 11) is 0. The maximum Gasteiger partial charge on any atom is 0.262 e. The molecule has 0 radical (unpaired) electrons. The summed E-state index contributed by atoms with van der Waals surface area (Å²) in [5.41, 5.74) is 0.0916. The van der Waals surface area contributed by atoms with Crippen LogP contribution >= 0.6 is 0 Å². The predicted molar refractivity (Wildman–Crippen MR) is 91.9 cm³/mol. The molecule has 25 heavy (non-hydrogen) atoms. The van der Waals surface area contributed by atoms with Crippen LogP contribution in [0.15, 0.2) is 47.2 Å². The lowest BCUT2D eigenvalue weighted by atomic mass is 10.2. The molecule has 0 fully saturated rings. The van der Waals surface area contributed by atoms with E-state index in [1.54, 1.807) is 0 Å². The molecule has 0 aliphatic carbocycles. The Balaban J connectivity index is 1.94. The van der Waals surface area contributed by atoms with Crippen LogP contribution < -0.4 is 0 Å². The molecule has 0 aliphatic rings. The number of rotatable bonds is 6. The fourth-order valence-electron chi connectivity index (χ4n) is 1.76. The van der Waals surface area contributed by atoms with Crippen molar-refractivity contribution in [2.75, 3.05) is 5.08 Å². The standard InChI is InChI=1S/C17H12F4O2S2/c18-14-3-1-12(16(20)9-14)5-7-24(22)11-25(23)8-6-13-2-4-15(19)10-17(13)21/h1-10H,11H2/b7-5+,8-6+. The average Bonchev–Trinajstić information content (AvgIpc) is 2.53. The van der Waals surface area contributed by atoms with E-state index in [2.05, 4.69) is 0 Å². The van der Waals surface area contributed by atoms with Gasteiger partial charge in [-0.3, -0.25) is 0 Å². The summed E-state index contributed by atoms with van der Waals surface area (Å²) in [6.07, 6.45) is 2.40. The van der Waals surface area contributed by atoms with Crippen LogP contribution in [0.25, 0.3) is 12.2 Å². The van der Waals surface area contributed by atoms with Crippen LogP contribution in [0, 0.1) is 23.3 Å².